The average Bonchev–Trinajstić information content (AvgIpc) is 2.77. The molecule has 1 aromatic rings. The van der Waals surface area contributed by atoms with Crippen LogP contribution in [-0.2, 0) is 9.63 Å². The minimum Gasteiger partial charge on any atom is -0.493 e. The van der Waals surface area contributed by atoms with Crippen molar-refractivity contribution in [2.24, 2.45) is 5.16 Å². The Morgan fingerprint density at radius 2 is 2.29 bits per heavy atom. The highest BCUT2D eigenvalue weighted by molar-refractivity contribution is 6.32. The van der Waals surface area contributed by atoms with Crippen molar-refractivity contribution < 1.29 is 19.1 Å². The Hall–Kier alpha value is -2.45. The van der Waals surface area contributed by atoms with Crippen molar-refractivity contribution in [1.82, 2.24) is 0 Å². The summed E-state index contributed by atoms with van der Waals surface area (Å²) in [6.45, 7) is 1.76. The molecule has 0 spiro atoms. The molecule has 0 atom stereocenters. The van der Waals surface area contributed by atoms with Crippen molar-refractivity contribution >= 4 is 29.4 Å². The molecule has 0 amide bonds. The van der Waals surface area contributed by atoms with Crippen LogP contribution in [0.4, 0.5) is 0 Å². The Labute approximate surface area is 127 Å². The lowest BCUT2D eigenvalue weighted by molar-refractivity contribution is -0.136. The lowest BCUT2D eigenvalue weighted by Gasteiger charge is -2.11. The fraction of sp³-hybridized carbons (Fsp3) is 0.200. The van der Waals surface area contributed by atoms with Crippen LogP contribution in [0.25, 0.3) is 6.08 Å². The molecule has 0 bridgehead atoms. The number of carbonyl (C=O) groups is 1. The van der Waals surface area contributed by atoms with Crippen molar-refractivity contribution in [1.29, 1.82) is 0 Å². The lowest BCUT2D eigenvalue weighted by atomic mass is 10.1. The molecule has 108 valence electrons. The van der Waals surface area contributed by atoms with E-state index in [0.29, 0.717) is 33.4 Å². The van der Waals surface area contributed by atoms with Gasteiger partial charge in [-0.3, -0.25) is 0 Å². The summed E-state index contributed by atoms with van der Waals surface area (Å²) in [6, 6.07) is 3.32. The van der Waals surface area contributed by atoms with Crippen LogP contribution in [0, 0.1) is 12.3 Å². The fourth-order valence-corrected chi connectivity index (χ4v) is 2.04. The molecule has 21 heavy (non-hydrogen) atoms. The standard InChI is InChI=1S/C15H12ClNO4/c1-4-5-20-14-12(16)7-10(8-13(14)19-3)6-11-9(2)17-21-15(11)18/h1,6-8H,5H2,2-3H3. The molecule has 2 rings (SSSR count). The van der Waals surface area contributed by atoms with E-state index < -0.39 is 5.97 Å². The monoisotopic (exact) mass is 305 g/mol. The minimum absolute atomic E-state index is 0.0780. The number of rotatable bonds is 4. The normalized spacial score (nSPS) is 15.4. The molecule has 5 nitrogen and oxygen atoms in total. The maximum absolute atomic E-state index is 11.5. The maximum atomic E-state index is 11.5. The first-order valence-electron chi connectivity index (χ1n) is 5.98. The van der Waals surface area contributed by atoms with Gasteiger partial charge in [0, 0.05) is 0 Å². The van der Waals surface area contributed by atoms with Crippen molar-refractivity contribution in [3.05, 3.63) is 28.3 Å². The van der Waals surface area contributed by atoms with Gasteiger partial charge in [0.05, 0.1) is 23.4 Å². The first-order chi connectivity index (χ1) is 10.1. The van der Waals surface area contributed by atoms with Crippen molar-refractivity contribution in [3.8, 4) is 23.8 Å². The van der Waals surface area contributed by atoms with Gasteiger partial charge < -0.3 is 14.3 Å². The van der Waals surface area contributed by atoms with Gasteiger partial charge in [-0.05, 0) is 30.7 Å². The smallest absolute Gasteiger partial charge is 0.367 e. The maximum Gasteiger partial charge on any atom is 0.367 e. The summed E-state index contributed by atoms with van der Waals surface area (Å²) in [6.07, 6.45) is 6.77. The van der Waals surface area contributed by atoms with Crippen LogP contribution in [0.5, 0.6) is 11.5 Å². The number of nitrogens with zero attached hydrogens (tertiary/aromatic N) is 1. The molecule has 0 N–H and O–H groups in total. The second-order valence-electron chi connectivity index (χ2n) is 4.14. The molecule has 1 aliphatic heterocycles. The third kappa shape index (κ3) is 3.18. The van der Waals surface area contributed by atoms with Crippen molar-refractivity contribution in [3.63, 3.8) is 0 Å². The Kier molecular flexibility index (Phi) is 4.51. The largest absolute Gasteiger partial charge is 0.493 e. The molecule has 1 heterocycles. The number of ether oxygens (including phenoxy) is 2. The fourth-order valence-electron chi connectivity index (χ4n) is 1.76. The average molecular weight is 306 g/mol. The van der Waals surface area contributed by atoms with E-state index in [9.17, 15) is 4.79 Å². The third-order valence-electron chi connectivity index (χ3n) is 2.74. The van der Waals surface area contributed by atoms with Gasteiger partial charge in [0.2, 0.25) is 0 Å². The Morgan fingerprint density at radius 3 is 2.86 bits per heavy atom. The Morgan fingerprint density at radius 1 is 1.52 bits per heavy atom. The summed E-state index contributed by atoms with van der Waals surface area (Å²) in [5.74, 6) is 2.63. The lowest BCUT2D eigenvalue weighted by Crippen LogP contribution is -2.02. The predicted octanol–water partition coefficient (Wildman–Crippen LogP) is 2.68. The second-order valence-corrected chi connectivity index (χ2v) is 4.55. The summed E-state index contributed by atoms with van der Waals surface area (Å²) in [7, 11) is 1.49. The highest BCUT2D eigenvalue weighted by Crippen LogP contribution is 2.37. The molecular formula is C15H12ClNO4. The zero-order valence-corrected chi connectivity index (χ0v) is 12.2. The predicted molar refractivity (Wildman–Crippen MR) is 79.5 cm³/mol. The van der Waals surface area contributed by atoms with E-state index in [0.717, 1.165) is 0 Å². The second kappa shape index (κ2) is 6.33. The van der Waals surface area contributed by atoms with Crippen molar-refractivity contribution in [2.45, 2.75) is 6.92 Å². The summed E-state index contributed by atoms with van der Waals surface area (Å²) in [4.78, 5) is 16.1. The van der Waals surface area contributed by atoms with Gasteiger partial charge in [-0.1, -0.05) is 22.7 Å². The SMILES string of the molecule is C#CCOc1c(Cl)cc(C=C2C(=O)ON=C2C)cc1OC. The number of oxime groups is 1. The van der Waals surface area contributed by atoms with E-state index in [1.165, 1.54) is 7.11 Å². The van der Waals surface area contributed by atoms with Crippen LogP contribution >= 0.6 is 11.6 Å². The van der Waals surface area contributed by atoms with Crippen molar-refractivity contribution in [2.75, 3.05) is 13.7 Å². The van der Waals surface area contributed by atoms with Crippen LogP contribution in [0.15, 0.2) is 22.9 Å². The van der Waals surface area contributed by atoms with Crippen LogP contribution in [0.3, 0.4) is 0 Å². The van der Waals surface area contributed by atoms with Gasteiger partial charge >= 0.3 is 5.97 Å². The van der Waals surface area contributed by atoms with Gasteiger partial charge in [-0.2, -0.15) is 0 Å². The molecule has 0 saturated heterocycles. The Bertz CT molecular complexity index is 686. The van der Waals surface area contributed by atoms with Gasteiger partial charge in [-0.15, -0.1) is 6.42 Å². The molecule has 0 radical (unpaired) electrons. The number of carbonyl (C=O) groups excluding carboxylic acids is 1. The summed E-state index contributed by atoms with van der Waals surface area (Å²) < 4.78 is 10.6. The molecular weight excluding hydrogens is 294 g/mol. The van der Waals surface area contributed by atoms with Gasteiger partial charge in [0.25, 0.3) is 0 Å². The van der Waals surface area contributed by atoms with Gasteiger partial charge in [0.15, 0.2) is 11.5 Å². The first-order valence-corrected chi connectivity index (χ1v) is 6.36. The molecule has 0 aliphatic carbocycles. The van der Waals surface area contributed by atoms with E-state index in [1.54, 1.807) is 25.1 Å². The van der Waals surface area contributed by atoms with Gasteiger partial charge in [-0.25, -0.2) is 4.79 Å². The summed E-state index contributed by atoms with van der Waals surface area (Å²) in [5, 5.41) is 3.94. The van der Waals surface area contributed by atoms with E-state index in [4.69, 9.17) is 27.5 Å². The van der Waals surface area contributed by atoms with E-state index in [1.807, 2.05) is 0 Å². The third-order valence-corrected chi connectivity index (χ3v) is 3.02. The van der Waals surface area contributed by atoms with Crippen LogP contribution in [-0.4, -0.2) is 25.4 Å². The van der Waals surface area contributed by atoms with E-state index in [-0.39, 0.29) is 6.61 Å². The van der Waals surface area contributed by atoms with Crippen LogP contribution < -0.4 is 9.47 Å². The Balaban J connectivity index is 2.41. The number of hydrogen-bond acceptors (Lipinski definition) is 5. The summed E-state index contributed by atoms with van der Waals surface area (Å²) in [5.41, 5.74) is 1.53. The van der Waals surface area contributed by atoms with Gasteiger partial charge in [0.1, 0.15) is 6.61 Å². The number of benzene rings is 1. The molecule has 0 fully saturated rings. The molecule has 1 aliphatic rings. The van der Waals surface area contributed by atoms with E-state index in [2.05, 4.69) is 15.9 Å². The van der Waals surface area contributed by atoms with Crippen LogP contribution in [0.1, 0.15) is 12.5 Å². The summed E-state index contributed by atoms with van der Waals surface area (Å²) >= 11 is 6.16. The molecule has 0 aromatic heterocycles. The molecule has 0 saturated carbocycles. The zero-order valence-electron chi connectivity index (χ0n) is 11.5. The minimum atomic E-state index is -0.504. The quantitative estimate of drug-likeness (QED) is 0.487. The van der Waals surface area contributed by atoms with Crippen LogP contribution in [0.2, 0.25) is 5.02 Å². The van der Waals surface area contributed by atoms with E-state index >= 15 is 0 Å². The number of terminal acetylenes is 1. The molecule has 6 heteroatoms. The highest BCUT2D eigenvalue weighted by Gasteiger charge is 2.22. The number of halogens is 1. The molecule has 1 aromatic carbocycles. The highest BCUT2D eigenvalue weighted by atomic mass is 35.5. The number of hydrogen-bond donors (Lipinski definition) is 0. The number of methoxy groups -OCH3 is 1. The zero-order chi connectivity index (χ0) is 15.4. The first kappa shape index (κ1) is 14.9. The molecule has 0 unspecified atom stereocenters. The topological polar surface area (TPSA) is 57.1 Å².